The van der Waals surface area contributed by atoms with Crippen LogP contribution in [0.2, 0.25) is 0 Å². The minimum absolute atomic E-state index is 0.0671. The molecule has 1 fully saturated rings. The van der Waals surface area contributed by atoms with E-state index in [-0.39, 0.29) is 29.3 Å². The van der Waals surface area contributed by atoms with Gasteiger partial charge in [-0.25, -0.2) is 8.42 Å². The van der Waals surface area contributed by atoms with Gasteiger partial charge in [-0.3, -0.25) is 9.59 Å². The fourth-order valence-corrected chi connectivity index (χ4v) is 5.53. The zero-order chi connectivity index (χ0) is 24.7. The summed E-state index contributed by atoms with van der Waals surface area (Å²) >= 11 is 0. The molecule has 0 radical (unpaired) electrons. The van der Waals surface area contributed by atoms with E-state index in [1.807, 2.05) is 44.2 Å². The molecule has 1 aliphatic rings. The summed E-state index contributed by atoms with van der Waals surface area (Å²) in [4.78, 5) is 26.1. The third kappa shape index (κ3) is 6.57. The van der Waals surface area contributed by atoms with Gasteiger partial charge in [-0.05, 0) is 56.5 Å². The highest BCUT2D eigenvalue weighted by atomic mass is 32.2. The highest BCUT2D eigenvalue weighted by Gasteiger charge is 2.34. The average molecular weight is 488 g/mol. The summed E-state index contributed by atoms with van der Waals surface area (Å²) in [5.74, 6) is -0.536. The Morgan fingerprint density at radius 2 is 1.74 bits per heavy atom. The van der Waals surface area contributed by atoms with E-state index in [1.165, 1.54) is 23.5 Å². The molecule has 0 saturated carbocycles. The Labute approximate surface area is 201 Å². The van der Waals surface area contributed by atoms with Crippen LogP contribution in [0, 0.1) is 5.92 Å². The van der Waals surface area contributed by atoms with Crippen molar-refractivity contribution < 1.29 is 22.7 Å². The van der Waals surface area contributed by atoms with Gasteiger partial charge in [0.05, 0.1) is 17.9 Å². The zero-order valence-electron chi connectivity index (χ0n) is 19.9. The van der Waals surface area contributed by atoms with Crippen molar-refractivity contribution >= 4 is 21.8 Å². The van der Waals surface area contributed by atoms with Crippen molar-refractivity contribution in [3.8, 4) is 5.75 Å². The highest BCUT2D eigenvalue weighted by Crippen LogP contribution is 2.25. The Kier molecular flexibility index (Phi) is 8.68. The van der Waals surface area contributed by atoms with Crippen LogP contribution in [0.25, 0.3) is 0 Å². The topological polar surface area (TPSA) is 105 Å². The van der Waals surface area contributed by atoms with E-state index < -0.39 is 22.0 Å². The number of rotatable bonds is 9. The molecule has 0 bridgehead atoms. The number of ether oxygens (including phenoxy) is 1. The Bertz CT molecular complexity index is 1070. The van der Waals surface area contributed by atoms with E-state index in [0.717, 1.165) is 5.56 Å². The van der Waals surface area contributed by atoms with Crippen LogP contribution < -0.4 is 15.4 Å². The molecule has 8 nitrogen and oxygen atoms in total. The summed E-state index contributed by atoms with van der Waals surface area (Å²) in [5, 5.41) is 5.74. The molecule has 34 heavy (non-hydrogen) atoms. The molecule has 1 aliphatic heterocycles. The fraction of sp³-hybridized carbons (Fsp3) is 0.440. The van der Waals surface area contributed by atoms with Crippen LogP contribution in [0.3, 0.4) is 0 Å². The monoisotopic (exact) mass is 487 g/mol. The summed E-state index contributed by atoms with van der Waals surface area (Å²) in [5.41, 5.74) is 0.930. The van der Waals surface area contributed by atoms with Gasteiger partial charge in [0.15, 0.2) is 0 Å². The third-order valence-corrected chi connectivity index (χ3v) is 7.68. The van der Waals surface area contributed by atoms with E-state index in [0.29, 0.717) is 31.6 Å². The SMILES string of the molecule is COc1ccc(S(=O)(=O)N2CCCC(C(=O)N[C@@H](Cc3ccccc3)C(=O)NC(C)C)C2)cc1. The molecule has 1 unspecified atom stereocenters. The number of nitrogens with one attached hydrogen (secondary N) is 2. The molecular weight excluding hydrogens is 454 g/mol. The maximum atomic E-state index is 13.2. The molecule has 3 rings (SSSR count). The number of carbonyl (C=O) groups is 2. The molecule has 1 saturated heterocycles. The standard InChI is InChI=1S/C25H33N3O5S/c1-18(2)26-25(30)23(16-19-8-5-4-6-9-19)27-24(29)20-10-7-15-28(17-20)34(31,32)22-13-11-21(33-3)12-14-22/h4-6,8-9,11-14,18,20,23H,7,10,15-17H2,1-3H3,(H,26,30)(H,27,29)/t20?,23-/m0/s1. The van der Waals surface area contributed by atoms with Gasteiger partial charge in [-0.2, -0.15) is 4.31 Å². The molecule has 1 heterocycles. The molecule has 184 valence electrons. The summed E-state index contributed by atoms with van der Waals surface area (Å²) < 4.78 is 32.7. The first-order valence-electron chi connectivity index (χ1n) is 11.5. The molecule has 2 atom stereocenters. The van der Waals surface area contributed by atoms with Crippen molar-refractivity contribution in [3.05, 3.63) is 60.2 Å². The van der Waals surface area contributed by atoms with Gasteiger partial charge in [-0.1, -0.05) is 30.3 Å². The minimum atomic E-state index is -3.74. The Hall–Kier alpha value is -2.91. The predicted molar refractivity (Wildman–Crippen MR) is 130 cm³/mol. The third-order valence-electron chi connectivity index (χ3n) is 5.80. The number of amides is 2. The normalized spacial score (nSPS) is 17.7. The first-order valence-corrected chi connectivity index (χ1v) is 12.9. The van der Waals surface area contributed by atoms with Crippen molar-refractivity contribution in [2.24, 2.45) is 5.92 Å². The number of sulfonamides is 1. The van der Waals surface area contributed by atoms with E-state index in [1.54, 1.807) is 12.1 Å². The summed E-state index contributed by atoms with van der Waals surface area (Å²) in [6, 6.07) is 14.9. The molecule has 2 amide bonds. The lowest BCUT2D eigenvalue weighted by Gasteiger charge is -2.32. The van der Waals surface area contributed by atoms with E-state index in [2.05, 4.69) is 10.6 Å². The number of nitrogens with zero attached hydrogens (tertiary/aromatic N) is 1. The molecule has 0 aliphatic carbocycles. The number of hydrogen-bond acceptors (Lipinski definition) is 5. The van der Waals surface area contributed by atoms with Crippen LogP contribution >= 0.6 is 0 Å². The zero-order valence-corrected chi connectivity index (χ0v) is 20.7. The van der Waals surface area contributed by atoms with E-state index in [9.17, 15) is 18.0 Å². The van der Waals surface area contributed by atoms with Crippen molar-refractivity contribution in [1.29, 1.82) is 0 Å². The van der Waals surface area contributed by atoms with E-state index in [4.69, 9.17) is 4.74 Å². The number of carbonyl (C=O) groups excluding carboxylic acids is 2. The largest absolute Gasteiger partial charge is 0.497 e. The minimum Gasteiger partial charge on any atom is -0.497 e. The molecule has 2 aromatic rings. The van der Waals surface area contributed by atoms with Crippen LogP contribution in [-0.2, 0) is 26.0 Å². The van der Waals surface area contributed by atoms with Gasteiger partial charge in [0, 0.05) is 25.6 Å². The van der Waals surface area contributed by atoms with Crippen LogP contribution in [0.5, 0.6) is 5.75 Å². The molecular formula is C25H33N3O5S. The Balaban J connectivity index is 1.71. The highest BCUT2D eigenvalue weighted by molar-refractivity contribution is 7.89. The Morgan fingerprint density at radius 3 is 2.35 bits per heavy atom. The van der Waals surface area contributed by atoms with Gasteiger partial charge < -0.3 is 15.4 Å². The van der Waals surface area contributed by atoms with Gasteiger partial charge in [-0.15, -0.1) is 0 Å². The maximum absolute atomic E-state index is 13.2. The van der Waals surface area contributed by atoms with Gasteiger partial charge in [0.2, 0.25) is 21.8 Å². The molecule has 0 aromatic heterocycles. The smallest absolute Gasteiger partial charge is 0.243 e. The van der Waals surface area contributed by atoms with Crippen molar-refractivity contribution in [1.82, 2.24) is 14.9 Å². The number of piperidine rings is 1. The number of methoxy groups -OCH3 is 1. The Morgan fingerprint density at radius 1 is 1.06 bits per heavy atom. The van der Waals surface area contributed by atoms with E-state index >= 15 is 0 Å². The quantitative estimate of drug-likeness (QED) is 0.565. The lowest BCUT2D eigenvalue weighted by atomic mass is 9.97. The molecule has 2 N–H and O–H groups in total. The van der Waals surface area contributed by atoms with Crippen LogP contribution in [0.15, 0.2) is 59.5 Å². The van der Waals surface area contributed by atoms with Crippen molar-refractivity contribution in [2.45, 2.75) is 50.1 Å². The first kappa shape index (κ1) is 25.7. The molecule has 0 spiro atoms. The fourth-order valence-electron chi connectivity index (χ4n) is 4.01. The predicted octanol–water partition coefficient (Wildman–Crippen LogP) is 2.35. The molecule has 9 heteroatoms. The van der Waals surface area contributed by atoms with Crippen LogP contribution in [0.4, 0.5) is 0 Å². The van der Waals surface area contributed by atoms with Crippen LogP contribution in [-0.4, -0.2) is 56.8 Å². The summed E-state index contributed by atoms with van der Waals surface area (Å²) in [6.45, 7) is 4.15. The van der Waals surface area contributed by atoms with Gasteiger partial charge >= 0.3 is 0 Å². The second-order valence-electron chi connectivity index (χ2n) is 8.79. The van der Waals surface area contributed by atoms with Gasteiger partial charge in [0.1, 0.15) is 11.8 Å². The van der Waals surface area contributed by atoms with Crippen LogP contribution in [0.1, 0.15) is 32.3 Å². The second kappa shape index (κ2) is 11.5. The van der Waals surface area contributed by atoms with Gasteiger partial charge in [0.25, 0.3) is 0 Å². The summed E-state index contributed by atoms with van der Waals surface area (Å²) in [7, 11) is -2.23. The average Bonchev–Trinajstić information content (AvgIpc) is 2.84. The maximum Gasteiger partial charge on any atom is 0.243 e. The van der Waals surface area contributed by atoms with Crippen molar-refractivity contribution in [2.75, 3.05) is 20.2 Å². The van der Waals surface area contributed by atoms with Crippen molar-refractivity contribution in [3.63, 3.8) is 0 Å². The lowest BCUT2D eigenvalue weighted by molar-refractivity contribution is -0.132. The number of benzene rings is 2. The molecule has 2 aromatic carbocycles. The first-order chi connectivity index (χ1) is 16.2. The second-order valence-corrected chi connectivity index (χ2v) is 10.7. The lowest BCUT2D eigenvalue weighted by Crippen LogP contribution is -2.53. The number of hydrogen-bond donors (Lipinski definition) is 2. The summed E-state index contributed by atoms with van der Waals surface area (Å²) in [6.07, 6.45) is 1.48.